The van der Waals surface area contributed by atoms with Gasteiger partial charge in [-0.2, -0.15) is 18.2 Å². The standard InChI is InChI=1S/C20H14F4N4O.C6H11N/c1-9-20(23,24)12-7-11(8-13(21)14(12)19(29)26-9)16-18(25)28-17(22)15(27-16)10-5-3-2-4-6-10;1-7-3-5-2-6(5)4-7/h2-9H,1H3,(H2,25,28)(H,26,29);5-6H,2-4H2,1H3. The minimum absolute atomic E-state index is 0.134. The molecule has 3 aromatic rings. The second-order valence-electron chi connectivity index (χ2n) is 9.64. The van der Waals surface area contributed by atoms with Gasteiger partial charge in [-0.3, -0.25) is 4.79 Å². The zero-order chi connectivity index (χ0) is 25.8. The van der Waals surface area contributed by atoms with Gasteiger partial charge in [0.05, 0.1) is 11.6 Å². The van der Waals surface area contributed by atoms with E-state index in [9.17, 15) is 22.4 Å². The molecule has 3 aliphatic rings. The fourth-order valence-electron chi connectivity index (χ4n) is 4.88. The number of alkyl halides is 2. The summed E-state index contributed by atoms with van der Waals surface area (Å²) in [7, 11) is 2.21. The SMILES string of the molecule is CC1NC(=O)c2c(F)cc(-c3nc(-c4ccccc4)c(F)nc3N)cc2C1(F)F.CN1CC2CC2C1. The lowest BCUT2D eigenvalue weighted by molar-refractivity contribution is -0.0417. The molecule has 1 aliphatic carbocycles. The molecular formula is C26H25F4N5O. The molecule has 6 nitrogen and oxygen atoms in total. The quantitative estimate of drug-likeness (QED) is 0.509. The number of hydrogen-bond acceptors (Lipinski definition) is 5. The van der Waals surface area contributed by atoms with E-state index in [2.05, 4.69) is 21.9 Å². The number of hydrogen-bond donors (Lipinski definition) is 2. The number of likely N-dealkylation sites (tertiary alicyclic amines) is 1. The monoisotopic (exact) mass is 499 g/mol. The summed E-state index contributed by atoms with van der Waals surface area (Å²) in [5.74, 6) is -4.73. The van der Waals surface area contributed by atoms with E-state index in [0.717, 1.165) is 30.9 Å². The summed E-state index contributed by atoms with van der Waals surface area (Å²) >= 11 is 0. The van der Waals surface area contributed by atoms with Crippen LogP contribution in [0.15, 0.2) is 42.5 Å². The first-order chi connectivity index (χ1) is 17.1. The van der Waals surface area contributed by atoms with Gasteiger partial charge in [0.2, 0.25) is 5.95 Å². The van der Waals surface area contributed by atoms with Gasteiger partial charge >= 0.3 is 0 Å². The topological polar surface area (TPSA) is 84.1 Å². The van der Waals surface area contributed by atoms with Crippen molar-refractivity contribution < 1.29 is 22.4 Å². The number of rotatable bonds is 2. The molecule has 36 heavy (non-hydrogen) atoms. The second-order valence-corrected chi connectivity index (χ2v) is 9.64. The number of nitrogens with two attached hydrogens (primary N) is 1. The van der Waals surface area contributed by atoms with E-state index in [0.29, 0.717) is 5.56 Å². The minimum atomic E-state index is -3.52. The van der Waals surface area contributed by atoms with Crippen molar-refractivity contribution in [3.63, 3.8) is 0 Å². The van der Waals surface area contributed by atoms with Crippen molar-refractivity contribution in [2.24, 2.45) is 11.8 Å². The Morgan fingerprint density at radius 2 is 1.69 bits per heavy atom. The summed E-state index contributed by atoms with van der Waals surface area (Å²) in [4.78, 5) is 22.2. The molecule has 1 aromatic heterocycles. The summed E-state index contributed by atoms with van der Waals surface area (Å²) in [5, 5.41) is 2.04. The normalized spacial score (nSPS) is 23.7. The number of aromatic nitrogens is 2. The van der Waals surface area contributed by atoms with E-state index in [-0.39, 0.29) is 17.0 Å². The van der Waals surface area contributed by atoms with Crippen LogP contribution in [-0.4, -0.2) is 47.0 Å². The minimum Gasteiger partial charge on any atom is -0.382 e. The van der Waals surface area contributed by atoms with Gasteiger partial charge in [0.25, 0.3) is 11.8 Å². The number of fused-ring (bicyclic) bond motifs is 2. The van der Waals surface area contributed by atoms with Crippen LogP contribution in [0.25, 0.3) is 22.5 Å². The van der Waals surface area contributed by atoms with Crippen LogP contribution in [0.3, 0.4) is 0 Å². The Kier molecular flexibility index (Phi) is 5.94. The van der Waals surface area contributed by atoms with Crippen molar-refractivity contribution in [2.45, 2.75) is 25.3 Å². The third-order valence-electron chi connectivity index (χ3n) is 6.93. The van der Waals surface area contributed by atoms with Crippen molar-refractivity contribution >= 4 is 11.7 Å². The lowest BCUT2D eigenvalue weighted by atomic mass is 9.89. The average molecular weight is 500 g/mol. The van der Waals surface area contributed by atoms with Crippen LogP contribution in [0.1, 0.15) is 29.3 Å². The van der Waals surface area contributed by atoms with E-state index in [1.807, 2.05) is 5.32 Å². The number of nitrogens with zero attached hydrogens (tertiary/aromatic N) is 3. The van der Waals surface area contributed by atoms with Gasteiger partial charge in [0, 0.05) is 29.8 Å². The predicted molar refractivity (Wildman–Crippen MR) is 127 cm³/mol. The average Bonchev–Trinajstić information content (AvgIpc) is 3.44. The van der Waals surface area contributed by atoms with E-state index in [1.54, 1.807) is 30.3 Å². The first-order valence-corrected chi connectivity index (χ1v) is 11.7. The summed E-state index contributed by atoms with van der Waals surface area (Å²) in [5.41, 5.74) is 4.15. The molecule has 10 heteroatoms. The van der Waals surface area contributed by atoms with Crippen molar-refractivity contribution in [3.05, 3.63) is 65.4 Å². The lowest BCUT2D eigenvalue weighted by Gasteiger charge is -2.32. The molecule has 3 heterocycles. The number of carbonyl (C=O) groups excluding carboxylic acids is 1. The fourth-order valence-corrected chi connectivity index (χ4v) is 4.88. The third-order valence-corrected chi connectivity index (χ3v) is 6.93. The molecule has 3 atom stereocenters. The number of benzene rings is 2. The Labute approximate surface area is 205 Å². The van der Waals surface area contributed by atoms with Gasteiger partial charge < -0.3 is 16.0 Å². The molecule has 188 valence electrons. The first-order valence-electron chi connectivity index (χ1n) is 11.7. The van der Waals surface area contributed by atoms with Crippen LogP contribution in [0.2, 0.25) is 0 Å². The van der Waals surface area contributed by atoms with Gasteiger partial charge in [0.15, 0.2) is 5.82 Å². The van der Waals surface area contributed by atoms with Gasteiger partial charge in [-0.15, -0.1) is 0 Å². The van der Waals surface area contributed by atoms with Crippen LogP contribution in [0, 0.1) is 23.6 Å². The Morgan fingerprint density at radius 1 is 1.03 bits per heavy atom. The highest BCUT2D eigenvalue weighted by molar-refractivity contribution is 5.98. The zero-order valence-electron chi connectivity index (χ0n) is 19.7. The van der Waals surface area contributed by atoms with E-state index in [1.165, 1.54) is 19.5 Å². The number of carbonyl (C=O) groups is 1. The van der Waals surface area contributed by atoms with Crippen molar-refractivity contribution in [1.82, 2.24) is 20.2 Å². The van der Waals surface area contributed by atoms with Crippen molar-refractivity contribution in [3.8, 4) is 22.5 Å². The number of halogens is 4. The summed E-state index contributed by atoms with van der Waals surface area (Å²) < 4.78 is 58.2. The van der Waals surface area contributed by atoms with Crippen molar-refractivity contribution in [2.75, 3.05) is 25.9 Å². The lowest BCUT2D eigenvalue weighted by Crippen LogP contribution is -2.49. The number of anilines is 1. The highest BCUT2D eigenvalue weighted by Gasteiger charge is 2.47. The maximum absolute atomic E-state index is 14.6. The maximum atomic E-state index is 14.6. The van der Waals surface area contributed by atoms with Crippen LogP contribution < -0.4 is 11.1 Å². The molecule has 1 saturated carbocycles. The van der Waals surface area contributed by atoms with E-state index >= 15 is 0 Å². The predicted octanol–water partition coefficient (Wildman–Crippen LogP) is 4.46. The maximum Gasteiger partial charge on any atom is 0.293 e. The fraction of sp³-hybridized carbons (Fsp3) is 0.346. The van der Waals surface area contributed by atoms with Crippen molar-refractivity contribution in [1.29, 1.82) is 0 Å². The van der Waals surface area contributed by atoms with Crippen LogP contribution in [0.5, 0.6) is 0 Å². The highest BCUT2D eigenvalue weighted by atomic mass is 19.3. The second kappa shape index (κ2) is 8.85. The Balaban J connectivity index is 0.000000323. The largest absolute Gasteiger partial charge is 0.382 e. The summed E-state index contributed by atoms with van der Waals surface area (Å²) in [6.45, 7) is 3.88. The Hall–Kier alpha value is -3.53. The summed E-state index contributed by atoms with van der Waals surface area (Å²) in [6, 6.07) is 8.48. The number of piperidine rings is 1. The number of amides is 1. The molecule has 0 spiro atoms. The molecule has 2 aliphatic heterocycles. The van der Waals surface area contributed by atoms with Gasteiger partial charge in [-0.25, -0.2) is 9.37 Å². The first kappa shape index (κ1) is 24.2. The highest BCUT2D eigenvalue weighted by Crippen LogP contribution is 2.44. The smallest absolute Gasteiger partial charge is 0.293 e. The molecular weight excluding hydrogens is 474 g/mol. The molecule has 3 unspecified atom stereocenters. The Morgan fingerprint density at radius 3 is 2.31 bits per heavy atom. The third kappa shape index (κ3) is 4.30. The van der Waals surface area contributed by atoms with E-state index < -0.39 is 46.6 Å². The molecule has 1 amide bonds. The molecule has 0 bridgehead atoms. The molecule has 3 N–H and O–H groups in total. The van der Waals surface area contributed by atoms with Crippen LogP contribution in [0.4, 0.5) is 23.4 Å². The van der Waals surface area contributed by atoms with E-state index in [4.69, 9.17) is 5.73 Å². The van der Waals surface area contributed by atoms with Crippen LogP contribution in [-0.2, 0) is 5.92 Å². The number of nitrogens with one attached hydrogen (secondary N) is 1. The number of nitrogen functional groups attached to an aromatic ring is 1. The molecule has 2 fully saturated rings. The molecule has 0 radical (unpaired) electrons. The molecule has 6 rings (SSSR count). The van der Waals surface area contributed by atoms with Crippen LogP contribution >= 0.6 is 0 Å². The van der Waals surface area contributed by atoms with Gasteiger partial charge in [0.1, 0.15) is 17.2 Å². The molecule has 2 aromatic carbocycles. The van der Waals surface area contributed by atoms with Gasteiger partial charge in [-0.05, 0) is 44.4 Å². The summed E-state index contributed by atoms with van der Waals surface area (Å²) in [6.07, 6.45) is 1.53. The van der Waals surface area contributed by atoms with Gasteiger partial charge in [-0.1, -0.05) is 30.3 Å². The zero-order valence-corrected chi connectivity index (χ0v) is 19.7. The Bertz CT molecular complexity index is 1320. The molecule has 1 saturated heterocycles.